The van der Waals surface area contributed by atoms with Crippen LogP contribution in [0, 0.1) is 6.92 Å². The molecule has 1 heterocycles. The summed E-state index contributed by atoms with van der Waals surface area (Å²) < 4.78 is 1.64. The van der Waals surface area contributed by atoms with Gasteiger partial charge in [0.15, 0.2) is 0 Å². The van der Waals surface area contributed by atoms with Crippen molar-refractivity contribution in [3.8, 4) is 5.69 Å². The van der Waals surface area contributed by atoms with Gasteiger partial charge in [-0.1, -0.05) is 31.5 Å². The van der Waals surface area contributed by atoms with E-state index in [0.29, 0.717) is 0 Å². The number of hydrogen-bond donors (Lipinski definition) is 1. The fourth-order valence-electron chi connectivity index (χ4n) is 2.05. The van der Waals surface area contributed by atoms with Crippen LogP contribution in [0.25, 0.3) is 5.69 Å². The van der Waals surface area contributed by atoms with Crippen LogP contribution in [0.2, 0.25) is 0 Å². The number of aromatic nitrogens is 2. The average Bonchev–Trinajstić information content (AvgIpc) is 2.66. The fraction of sp³-hybridized carbons (Fsp3) is 0.357. The van der Waals surface area contributed by atoms with E-state index in [0.717, 1.165) is 29.8 Å². The Labute approximate surface area is 101 Å². The monoisotopic (exact) mass is 230 g/mol. The van der Waals surface area contributed by atoms with Crippen molar-refractivity contribution in [1.82, 2.24) is 9.78 Å². The molecule has 2 rings (SSSR count). The average molecular weight is 230 g/mol. The van der Waals surface area contributed by atoms with Crippen molar-refractivity contribution < 1.29 is 0 Å². The molecule has 0 bridgehead atoms. The molecule has 0 fully saturated rings. The second-order valence-corrected chi connectivity index (χ2v) is 4.25. The third-order valence-electron chi connectivity index (χ3n) is 3.07. The Hall–Kier alpha value is -1.77. The van der Waals surface area contributed by atoms with Crippen LogP contribution in [0.1, 0.15) is 30.7 Å². The van der Waals surface area contributed by atoms with Crippen LogP contribution in [0.15, 0.2) is 29.1 Å². The van der Waals surface area contributed by atoms with Crippen LogP contribution in [-0.2, 0) is 12.8 Å². The first kappa shape index (κ1) is 11.7. The minimum atomic E-state index is 0.0770. The lowest BCUT2D eigenvalue weighted by atomic mass is 10.1. The molecular formula is C14H18N2O. The summed E-state index contributed by atoms with van der Waals surface area (Å²) in [6.07, 6.45) is 1.63. The summed E-state index contributed by atoms with van der Waals surface area (Å²) >= 11 is 0. The summed E-state index contributed by atoms with van der Waals surface area (Å²) in [5, 5.41) is 3.19. The van der Waals surface area contributed by atoms with E-state index in [4.69, 9.17) is 0 Å². The highest BCUT2D eigenvalue weighted by atomic mass is 16.1. The lowest BCUT2D eigenvalue weighted by molar-refractivity contribution is 0.819. The maximum Gasteiger partial charge on any atom is 0.274 e. The second kappa shape index (κ2) is 4.62. The number of aryl methyl sites for hydroxylation is 2. The minimum absolute atomic E-state index is 0.0770. The van der Waals surface area contributed by atoms with Gasteiger partial charge in [-0.15, -0.1) is 0 Å². The molecule has 0 spiro atoms. The van der Waals surface area contributed by atoms with E-state index in [1.807, 2.05) is 38.1 Å². The zero-order valence-electron chi connectivity index (χ0n) is 10.6. The summed E-state index contributed by atoms with van der Waals surface area (Å²) in [5.41, 5.74) is 4.11. The molecule has 0 unspecified atom stereocenters. The van der Waals surface area contributed by atoms with Gasteiger partial charge in [0, 0.05) is 11.3 Å². The van der Waals surface area contributed by atoms with Crippen LogP contribution in [0.3, 0.4) is 0 Å². The van der Waals surface area contributed by atoms with E-state index in [2.05, 4.69) is 12.0 Å². The van der Waals surface area contributed by atoms with E-state index in [9.17, 15) is 4.79 Å². The van der Waals surface area contributed by atoms with Crippen molar-refractivity contribution in [1.29, 1.82) is 0 Å². The van der Waals surface area contributed by atoms with Gasteiger partial charge >= 0.3 is 0 Å². The maximum atomic E-state index is 12.2. The number of H-pyrrole nitrogens is 1. The molecule has 1 aromatic carbocycles. The van der Waals surface area contributed by atoms with Gasteiger partial charge in [-0.2, -0.15) is 0 Å². The van der Waals surface area contributed by atoms with Crippen molar-refractivity contribution in [3.05, 3.63) is 51.4 Å². The standard InChI is InChI=1S/C14H18N2O/c1-4-12-13(5-2)15-16(14(12)17)11-8-6-10(3)7-9-11/h6-9,15H,4-5H2,1-3H3. The number of aromatic amines is 1. The van der Waals surface area contributed by atoms with Crippen LogP contribution >= 0.6 is 0 Å². The first-order valence-corrected chi connectivity index (χ1v) is 6.07. The van der Waals surface area contributed by atoms with E-state index in [1.165, 1.54) is 5.56 Å². The Morgan fingerprint density at radius 3 is 2.24 bits per heavy atom. The Balaban J connectivity index is 2.56. The van der Waals surface area contributed by atoms with Gasteiger partial charge in [0.25, 0.3) is 5.56 Å². The highest BCUT2D eigenvalue weighted by molar-refractivity contribution is 5.35. The molecule has 17 heavy (non-hydrogen) atoms. The smallest absolute Gasteiger partial charge is 0.274 e. The van der Waals surface area contributed by atoms with Crippen molar-refractivity contribution in [2.75, 3.05) is 0 Å². The third kappa shape index (κ3) is 2.05. The quantitative estimate of drug-likeness (QED) is 0.864. The minimum Gasteiger partial charge on any atom is -0.295 e. The molecule has 0 radical (unpaired) electrons. The molecule has 2 aromatic rings. The summed E-state index contributed by atoms with van der Waals surface area (Å²) in [6.45, 7) is 6.11. The summed E-state index contributed by atoms with van der Waals surface area (Å²) in [4.78, 5) is 12.2. The molecule has 1 N–H and O–H groups in total. The first-order valence-electron chi connectivity index (χ1n) is 6.07. The van der Waals surface area contributed by atoms with Crippen molar-refractivity contribution in [2.45, 2.75) is 33.6 Å². The van der Waals surface area contributed by atoms with Crippen LogP contribution < -0.4 is 5.56 Å². The number of nitrogens with one attached hydrogen (secondary N) is 1. The molecule has 0 atom stereocenters. The summed E-state index contributed by atoms with van der Waals surface area (Å²) in [5.74, 6) is 0. The number of hydrogen-bond acceptors (Lipinski definition) is 1. The van der Waals surface area contributed by atoms with Gasteiger partial charge < -0.3 is 0 Å². The van der Waals surface area contributed by atoms with Crippen LogP contribution in [0.4, 0.5) is 0 Å². The predicted octanol–water partition coefficient (Wildman–Crippen LogP) is 2.60. The largest absolute Gasteiger partial charge is 0.295 e. The zero-order chi connectivity index (χ0) is 12.4. The van der Waals surface area contributed by atoms with E-state index >= 15 is 0 Å². The van der Waals surface area contributed by atoms with Gasteiger partial charge in [0.05, 0.1) is 5.69 Å². The highest BCUT2D eigenvalue weighted by Gasteiger charge is 2.11. The van der Waals surface area contributed by atoms with Gasteiger partial charge in [-0.25, -0.2) is 4.68 Å². The zero-order valence-corrected chi connectivity index (χ0v) is 10.6. The Kier molecular flexibility index (Phi) is 3.18. The summed E-state index contributed by atoms with van der Waals surface area (Å²) in [7, 11) is 0. The van der Waals surface area contributed by atoms with Crippen molar-refractivity contribution in [2.24, 2.45) is 0 Å². The van der Waals surface area contributed by atoms with Gasteiger partial charge in [-0.05, 0) is 31.9 Å². The fourth-order valence-corrected chi connectivity index (χ4v) is 2.05. The predicted molar refractivity (Wildman–Crippen MR) is 69.9 cm³/mol. The van der Waals surface area contributed by atoms with Crippen LogP contribution in [0.5, 0.6) is 0 Å². The number of benzene rings is 1. The Morgan fingerprint density at radius 1 is 1.12 bits per heavy atom. The molecule has 3 nitrogen and oxygen atoms in total. The van der Waals surface area contributed by atoms with Crippen LogP contribution in [-0.4, -0.2) is 9.78 Å². The van der Waals surface area contributed by atoms with Crippen molar-refractivity contribution in [3.63, 3.8) is 0 Å². The van der Waals surface area contributed by atoms with E-state index < -0.39 is 0 Å². The maximum absolute atomic E-state index is 12.2. The first-order chi connectivity index (χ1) is 8.17. The summed E-state index contributed by atoms with van der Waals surface area (Å²) in [6, 6.07) is 7.96. The van der Waals surface area contributed by atoms with Crippen molar-refractivity contribution >= 4 is 0 Å². The molecule has 0 aliphatic rings. The molecule has 0 amide bonds. The number of nitrogens with zero attached hydrogens (tertiary/aromatic N) is 1. The van der Waals surface area contributed by atoms with Gasteiger partial charge in [-0.3, -0.25) is 9.89 Å². The molecule has 0 saturated heterocycles. The van der Waals surface area contributed by atoms with Gasteiger partial charge in [0.2, 0.25) is 0 Å². The van der Waals surface area contributed by atoms with E-state index in [-0.39, 0.29) is 5.56 Å². The Bertz CT molecular complexity index is 561. The molecule has 0 aliphatic heterocycles. The lowest BCUT2D eigenvalue weighted by Crippen LogP contribution is -2.16. The van der Waals surface area contributed by atoms with E-state index in [1.54, 1.807) is 4.68 Å². The molecule has 90 valence electrons. The topological polar surface area (TPSA) is 37.8 Å². The SMILES string of the molecule is CCc1[nH]n(-c2ccc(C)cc2)c(=O)c1CC. The molecule has 1 aromatic heterocycles. The third-order valence-corrected chi connectivity index (χ3v) is 3.07. The second-order valence-electron chi connectivity index (χ2n) is 4.25. The molecule has 0 aliphatic carbocycles. The molecule has 0 saturated carbocycles. The molecular weight excluding hydrogens is 212 g/mol. The molecule has 3 heteroatoms. The lowest BCUT2D eigenvalue weighted by Gasteiger charge is -2.01. The normalized spacial score (nSPS) is 10.8. The van der Waals surface area contributed by atoms with Gasteiger partial charge in [0.1, 0.15) is 0 Å². The highest BCUT2D eigenvalue weighted by Crippen LogP contribution is 2.10. The Morgan fingerprint density at radius 2 is 1.76 bits per heavy atom. The number of rotatable bonds is 3.